The Bertz CT molecular complexity index is 140. The van der Waals surface area contributed by atoms with E-state index in [4.69, 9.17) is 10.4 Å². The standard InChI is InChI=1S/C5H10N2O2/c1-3-5(7-9)4(2)6-8/h8-9H,3H2,1-2H3/b6-4+,7-5+. The van der Waals surface area contributed by atoms with Crippen molar-refractivity contribution in [3.8, 4) is 0 Å². The molecule has 0 aliphatic heterocycles. The number of nitrogens with zero attached hydrogens (tertiary/aromatic N) is 2. The Morgan fingerprint density at radius 2 is 1.89 bits per heavy atom. The van der Waals surface area contributed by atoms with E-state index in [1.54, 1.807) is 6.92 Å². The van der Waals surface area contributed by atoms with E-state index in [2.05, 4.69) is 10.3 Å². The van der Waals surface area contributed by atoms with E-state index in [9.17, 15) is 0 Å². The predicted octanol–water partition coefficient (Wildman–Crippen LogP) is 1.08. The molecule has 4 nitrogen and oxygen atoms in total. The lowest BCUT2D eigenvalue weighted by Crippen LogP contribution is -2.08. The van der Waals surface area contributed by atoms with Gasteiger partial charge in [0.05, 0.1) is 0 Å². The number of rotatable bonds is 2. The molecule has 0 aliphatic rings. The molecule has 0 rings (SSSR count). The molecule has 4 heteroatoms. The average Bonchev–Trinajstić information content (AvgIpc) is 1.90. The Hall–Kier alpha value is -1.06. The van der Waals surface area contributed by atoms with Crippen molar-refractivity contribution in [2.45, 2.75) is 20.3 Å². The molecule has 2 N–H and O–H groups in total. The second-order valence-electron chi connectivity index (χ2n) is 1.59. The van der Waals surface area contributed by atoms with Crippen LogP contribution in [0.5, 0.6) is 0 Å². The van der Waals surface area contributed by atoms with Crippen LogP contribution in [0.15, 0.2) is 10.3 Å². The maximum absolute atomic E-state index is 8.22. The van der Waals surface area contributed by atoms with Gasteiger partial charge in [-0.25, -0.2) is 0 Å². The van der Waals surface area contributed by atoms with Gasteiger partial charge in [0, 0.05) is 0 Å². The van der Waals surface area contributed by atoms with Gasteiger partial charge < -0.3 is 10.4 Å². The lowest BCUT2D eigenvalue weighted by molar-refractivity contribution is 0.313. The van der Waals surface area contributed by atoms with Crippen molar-refractivity contribution in [1.29, 1.82) is 0 Å². The molecule has 0 bridgehead atoms. The number of hydrogen-bond acceptors (Lipinski definition) is 4. The summed E-state index contributed by atoms with van der Waals surface area (Å²) in [5.41, 5.74) is 0.748. The second-order valence-corrected chi connectivity index (χ2v) is 1.59. The summed E-state index contributed by atoms with van der Waals surface area (Å²) in [4.78, 5) is 0. The van der Waals surface area contributed by atoms with Crippen LogP contribution in [-0.4, -0.2) is 21.8 Å². The molecule has 0 aromatic carbocycles. The van der Waals surface area contributed by atoms with Gasteiger partial charge in [-0.2, -0.15) is 0 Å². The smallest absolute Gasteiger partial charge is 0.104 e. The first-order valence-corrected chi connectivity index (χ1v) is 2.66. The summed E-state index contributed by atoms with van der Waals surface area (Å²) in [5, 5.41) is 22.1. The molecule has 9 heavy (non-hydrogen) atoms. The molecule has 52 valence electrons. The zero-order valence-electron chi connectivity index (χ0n) is 5.50. The van der Waals surface area contributed by atoms with Crippen molar-refractivity contribution in [3.63, 3.8) is 0 Å². The van der Waals surface area contributed by atoms with Gasteiger partial charge in [0.1, 0.15) is 11.4 Å². The third-order valence-electron chi connectivity index (χ3n) is 1.02. The van der Waals surface area contributed by atoms with Gasteiger partial charge >= 0.3 is 0 Å². The highest BCUT2D eigenvalue weighted by Gasteiger charge is 1.99. The van der Waals surface area contributed by atoms with Crippen molar-refractivity contribution >= 4 is 11.4 Å². The van der Waals surface area contributed by atoms with Crippen LogP contribution in [0.3, 0.4) is 0 Å². The zero-order chi connectivity index (χ0) is 7.28. The van der Waals surface area contributed by atoms with Crippen molar-refractivity contribution in [1.82, 2.24) is 0 Å². The Balaban J connectivity index is 4.14. The van der Waals surface area contributed by atoms with Gasteiger partial charge in [0.25, 0.3) is 0 Å². The first-order valence-electron chi connectivity index (χ1n) is 2.66. The summed E-state index contributed by atoms with van der Waals surface area (Å²) in [7, 11) is 0. The normalized spacial score (nSPS) is 14.0. The first-order chi connectivity index (χ1) is 4.26. The Kier molecular flexibility index (Phi) is 3.43. The molecule has 0 aromatic heterocycles. The molecule has 0 saturated carbocycles. The van der Waals surface area contributed by atoms with Crippen molar-refractivity contribution in [3.05, 3.63) is 0 Å². The monoisotopic (exact) mass is 130 g/mol. The minimum Gasteiger partial charge on any atom is -0.411 e. The average molecular weight is 130 g/mol. The summed E-state index contributed by atoms with van der Waals surface area (Å²) in [6.45, 7) is 3.38. The fourth-order valence-corrected chi connectivity index (χ4v) is 0.457. The molecule has 0 amide bonds. The van der Waals surface area contributed by atoms with E-state index in [-0.39, 0.29) is 0 Å². The van der Waals surface area contributed by atoms with Crippen molar-refractivity contribution in [2.75, 3.05) is 0 Å². The molecule has 0 spiro atoms. The number of hydrogen-bond donors (Lipinski definition) is 2. The van der Waals surface area contributed by atoms with Gasteiger partial charge in [0.2, 0.25) is 0 Å². The molecular formula is C5H10N2O2. The summed E-state index contributed by atoms with van der Waals surface area (Å²) in [6.07, 6.45) is 0.562. The van der Waals surface area contributed by atoms with E-state index >= 15 is 0 Å². The van der Waals surface area contributed by atoms with Crippen molar-refractivity contribution < 1.29 is 10.4 Å². The molecule has 0 aromatic rings. The third-order valence-corrected chi connectivity index (χ3v) is 1.02. The maximum Gasteiger partial charge on any atom is 0.104 e. The highest BCUT2D eigenvalue weighted by Crippen LogP contribution is 1.87. The van der Waals surface area contributed by atoms with Gasteiger partial charge in [-0.05, 0) is 13.3 Å². The minimum atomic E-state index is 0.347. The summed E-state index contributed by atoms with van der Waals surface area (Å²) in [6, 6.07) is 0. The highest BCUT2D eigenvalue weighted by molar-refractivity contribution is 6.41. The predicted molar refractivity (Wildman–Crippen MR) is 34.4 cm³/mol. The van der Waals surface area contributed by atoms with Crippen LogP contribution in [0.25, 0.3) is 0 Å². The summed E-state index contributed by atoms with van der Waals surface area (Å²) >= 11 is 0. The molecule has 0 fully saturated rings. The molecule has 0 unspecified atom stereocenters. The van der Waals surface area contributed by atoms with Gasteiger partial charge in [-0.1, -0.05) is 17.2 Å². The van der Waals surface area contributed by atoms with E-state index in [0.717, 1.165) is 0 Å². The Labute approximate surface area is 53.5 Å². The molecule has 0 saturated heterocycles. The molecule has 0 heterocycles. The maximum atomic E-state index is 8.22. The fraction of sp³-hybridized carbons (Fsp3) is 0.600. The second kappa shape index (κ2) is 3.88. The van der Waals surface area contributed by atoms with Gasteiger partial charge in [0.15, 0.2) is 0 Å². The van der Waals surface area contributed by atoms with Crippen LogP contribution < -0.4 is 0 Å². The van der Waals surface area contributed by atoms with Crippen molar-refractivity contribution in [2.24, 2.45) is 10.3 Å². The van der Waals surface area contributed by atoms with Crippen LogP contribution >= 0.6 is 0 Å². The SMILES string of the molecule is CCC(=N\O)/C(C)=N/O. The largest absolute Gasteiger partial charge is 0.411 e. The zero-order valence-corrected chi connectivity index (χ0v) is 5.50. The van der Waals surface area contributed by atoms with E-state index in [0.29, 0.717) is 17.8 Å². The Morgan fingerprint density at radius 1 is 1.33 bits per heavy atom. The van der Waals surface area contributed by atoms with E-state index in [1.807, 2.05) is 6.92 Å². The fourth-order valence-electron chi connectivity index (χ4n) is 0.457. The van der Waals surface area contributed by atoms with Gasteiger partial charge in [-0.3, -0.25) is 0 Å². The minimum absolute atomic E-state index is 0.347. The number of oxime groups is 2. The topological polar surface area (TPSA) is 65.2 Å². The summed E-state index contributed by atoms with van der Waals surface area (Å²) in [5.74, 6) is 0. The highest BCUT2D eigenvalue weighted by atomic mass is 16.4. The van der Waals surface area contributed by atoms with Gasteiger partial charge in [-0.15, -0.1) is 0 Å². The van der Waals surface area contributed by atoms with E-state index in [1.165, 1.54) is 0 Å². The van der Waals surface area contributed by atoms with Crippen LogP contribution in [0.2, 0.25) is 0 Å². The third kappa shape index (κ3) is 2.12. The van der Waals surface area contributed by atoms with E-state index < -0.39 is 0 Å². The molecule has 0 aliphatic carbocycles. The van der Waals surface area contributed by atoms with Crippen LogP contribution in [0.4, 0.5) is 0 Å². The lowest BCUT2D eigenvalue weighted by atomic mass is 10.2. The first kappa shape index (κ1) is 7.94. The molecule has 0 atom stereocenters. The quantitative estimate of drug-likeness (QED) is 0.333. The van der Waals surface area contributed by atoms with Crippen LogP contribution in [-0.2, 0) is 0 Å². The molecular weight excluding hydrogens is 120 g/mol. The van der Waals surface area contributed by atoms with Crippen LogP contribution in [0.1, 0.15) is 20.3 Å². The lowest BCUT2D eigenvalue weighted by Gasteiger charge is -1.94. The molecule has 0 radical (unpaired) electrons. The summed E-state index contributed by atoms with van der Waals surface area (Å²) < 4.78 is 0. The Morgan fingerprint density at radius 3 is 2.00 bits per heavy atom. The van der Waals surface area contributed by atoms with Crippen LogP contribution in [0, 0.1) is 0 Å².